The molecular weight excluding hydrogens is 369 g/mol. The van der Waals surface area contributed by atoms with E-state index in [1.165, 1.54) is 17.7 Å². The fourth-order valence-electron chi connectivity index (χ4n) is 3.54. The summed E-state index contributed by atoms with van der Waals surface area (Å²) < 4.78 is 24.6. The van der Waals surface area contributed by atoms with Gasteiger partial charge in [-0.2, -0.15) is 0 Å². The van der Waals surface area contributed by atoms with Gasteiger partial charge in [-0.3, -0.25) is 4.79 Å². The largest absolute Gasteiger partial charge is 0.493 e. The molecule has 0 radical (unpaired) electrons. The number of nitrogens with zero attached hydrogens (tertiary/aromatic N) is 1. The van der Waals surface area contributed by atoms with Gasteiger partial charge in [0.05, 0.1) is 24.8 Å². The summed E-state index contributed by atoms with van der Waals surface area (Å²) in [6, 6.07) is 10.3. The Morgan fingerprint density at radius 1 is 1.15 bits per heavy atom. The number of ether oxygens (including phenoxy) is 2. The highest BCUT2D eigenvalue weighted by molar-refractivity contribution is 6.33. The first-order chi connectivity index (χ1) is 13.0. The van der Waals surface area contributed by atoms with Gasteiger partial charge in [0.1, 0.15) is 5.82 Å². The number of likely N-dealkylation sites (tertiary alicyclic amines) is 1. The van der Waals surface area contributed by atoms with Crippen LogP contribution in [-0.4, -0.2) is 38.1 Å². The molecule has 6 heteroatoms. The summed E-state index contributed by atoms with van der Waals surface area (Å²) in [5.41, 5.74) is 1.15. The Labute approximate surface area is 163 Å². The zero-order valence-corrected chi connectivity index (χ0v) is 16.3. The summed E-state index contributed by atoms with van der Waals surface area (Å²) >= 11 is 6.02. The number of carbonyl (C=O) groups is 1. The highest BCUT2D eigenvalue weighted by Crippen LogP contribution is 2.31. The summed E-state index contributed by atoms with van der Waals surface area (Å²) in [5, 5.41) is 0.160. The fraction of sp³-hybridized carbons (Fsp3) is 0.381. The molecule has 0 spiro atoms. The minimum Gasteiger partial charge on any atom is -0.493 e. The molecule has 0 unspecified atom stereocenters. The van der Waals surface area contributed by atoms with Crippen molar-refractivity contribution in [2.45, 2.75) is 19.3 Å². The van der Waals surface area contributed by atoms with E-state index in [2.05, 4.69) is 0 Å². The van der Waals surface area contributed by atoms with Crippen molar-refractivity contribution in [3.05, 3.63) is 58.4 Å². The Kier molecular flexibility index (Phi) is 6.22. The standard InChI is InChI=1S/C21H23ClFNO3/c1-26-18-7-6-15(13-19(18)27-2)12-14-8-10-24(11-9-14)21(25)20-16(22)4-3-5-17(20)23/h3-7,13-14H,8-12H2,1-2H3. The zero-order chi connectivity index (χ0) is 19.4. The van der Waals surface area contributed by atoms with E-state index < -0.39 is 5.82 Å². The first-order valence-corrected chi connectivity index (χ1v) is 9.35. The van der Waals surface area contributed by atoms with Crippen LogP contribution in [-0.2, 0) is 6.42 Å². The van der Waals surface area contributed by atoms with Gasteiger partial charge in [0.15, 0.2) is 11.5 Å². The molecule has 0 bridgehead atoms. The molecule has 0 N–H and O–H groups in total. The van der Waals surface area contributed by atoms with E-state index in [4.69, 9.17) is 21.1 Å². The van der Waals surface area contributed by atoms with E-state index in [1.807, 2.05) is 18.2 Å². The summed E-state index contributed by atoms with van der Waals surface area (Å²) in [5.74, 6) is 0.992. The van der Waals surface area contributed by atoms with Gasteiger partial charge in [0.2, 0.25) is 0 Å². The molecule has 144 valence electrons. The lowest BCUT2D eigenvalue weighted by molar-refractivity contribution is 0.0686. The molecule has 4 nitrogen and oxygen atoms in total. The molecule has 27 heavy (non-hydrogen) atoms. The molecule has 1 aliphatic heterocycles. The third-order valence-corrected chi connectivity index (χ3v) is 5.37. The van der Waals surface area contributed by atoms with Crippen molar-refractivity contribution in [2.24, 2.45) is 5.92 Å². The Bertz CT molecular complexity index is 799. The quantitative estimate of drug-likeness (QED) is 0.748. The molecule has 3 rings (SSSR count). The molecule has 1 aliphatic rings. The molecule has 1 fully saturated rings. The van der Waals surface area contributed by atoms with Crippen molar-refractivity contribution < 1.29 is 18.7 Å². The maximum atomic E-state index is 14.0. The van der Waals surface area contributed by atoms with Gasteiger partial charge in [0.25, 0.3) is 5.91 Å². The minimum atomic E-state index is -0.569. The summed E-state index contributed by atoms with van der Waals surface area (Å²) in [7, 11) is 3.24. The van der Waals surface area contributed by atoms with Gasteiger partial charge in [-0.1, -0.05) is 23.7 Å². The van der Waals surface area contributed by atoms with Crippen LogP contribution in [0.15, 0.2) is 36.4 Å². The molecule has 0 saturated carbocycles. The lowest BCUT2D eigenvalue weighted by atomic mass is 9.90. The van der Waals surface area contributed by atoms with Crippen molar-refractivity contribution in [2.75, 3.05) is 27.3 Å². The maximum Gasteiger partial charge on any atom is 0.258 e. The molecular formula is C21H23ClFNO3. The lowest BCUT2D eigenvalue weighted by Crippen LogP contribution is -2.39. The van der Waals surface area contributed by atoms with E-state index in [1.54, 1.807) is 25.2 Å². The number of piperidine rings is 1. The number of hydrogen-bond acceptors (Lipinski definition) is 3. The van der Waals surface area contributed by atoms with Crippen LogP contribution in [0, 0.1) is 11.7 Å². The van der Waals surface area contributed by atoms with Crippen LogP contribution in [0.25, 0.3) is 0 Å². The van der Waals surface area contributed by atoms with E-state index >= 15 is 0 Å². The predicted octanol–water partition coefficient (Wildman–Crippen LogP) is 4.59. The van der Waals surface area contributed by atoms with Crippen LogP contribution in [0.3, 0.4) is 0 Å². The Morgan fingerprint density at radius 2 is 1.85 bits per heavy atom. The van der Waals surface area contributed by atoms with Gasteiger partial charge in [-0.05, 0) is 55.0 Å². The Hall–Kier alpha value is -2.27. The molecule has 0 aromatic heterocycles. The molecule has 1 heterocycles. The average Bonchev–Trinajstić information content (AvgIpc) is 2.68. The zero-order valence-electron chi connectivity index (χ0n) is 15.5. The van der Waals surface area contributed by atoms with Crippen molar-refractivity contribution in [3.63, 3.8) is 0 Å². The molecule has 0 aliphatic carbocycles. The van der Waals surface area contributed by atoms with E-state index in [0.717, 1.165) is 25.0 Å². The number of amides is 1. The monoisotopic (exact) mass is 391 g/mol. The topological polar surface area (TPSA) is 38.8 Å². The highest BCUT2D eigenvalue weighted by Gasteiger charge is 2.27. The predicted molar refractivity (Wildman–Crippen MR) is 103 cm³/mol. The van der Waals surface area contributed by atoms with Crippen molar-refractivity contribution in [1.82, 2.24) is 4.90 Å². The third kappa shape index (κ3) is 4.35. The fourth-order valence-corrected chi connectivity index (χ4v) is 3.79. The van der Waals surface area contributed by atoms with Crippen LogP contribution in [0.4, 0.5) is 4.39 Å². The Balaban J connectivity index is 1.61. The number of methoxy groups -OCH3 is 2. The van der Waals surface area contributed by atoms with Gasteiger partial charge in [-0.25, -0.2) is 4.39 Å². The Morgan fingerprint density at radius 3 is 2.48 bits per heavy atom. The number of hydrogen-bond donors (Lipinski definition) is 0. The number of carbonyl (C=O) groups excluding carboxylic acids is 1. The molecule has 1 amide bonds. The second-order valence-electron chi connectivity index (χ2n) is 6.73. The number of halogens is 2. The lowest BCUT2D eigenvalue weighted by Gasteiger charge is -2.32. The molecule has 1 saturated heterocycles. The van der Waals surface area contributed by atoms with Crippen molar-refractivity contribution in [1.29, 1.82) is 0 Å². The third-order valence-electron chi connectivity index (χ3n) is 5.05. The van der Waals surface area contributed by atoms with Crippen LogP contribution in [0.2, 0.25) is 5.02 Å². The van der Waals surface area contributed by atoms with Gasteiger partial charge in [0, 0.05) is 13.1 Å². The van der Waals surface area contributed by atoms with Gasteiger partial charge in [-0.15, -0.1) is 0 Å². The second kappa shape index (κ2) is 8.61. The van der Waals surface area contributed by atoms with Crippen LogP contribution < -0.4 is 9.47 Å². The first-order valence-electron chi connectivity index (χ1n) is 8.97. The second-order valence-corrected chi connectivity index (χ2v) is 7.13. The van der Waals surface area contributed by atoms with E-state index in [0.29, 0.717) is 24.8 Å². The van der Waals surface area contributed by atoms with E-state index in [-0.39, 0.29) is 16.5 Å². The van der Waals surface area contributed by atoms with Gasteiger partial charge >= 0.3 is 0 Å². The number of benzene rings is 2. The van der Waals surface area contributed by atoms with Crippen LogP contribution in [0.1, 0.15) is 28.8 Å². The molecule has 0 atom stereocenters. The van der Waals surface area contributed by atoms with Crippen molar-refractivity contribution >= 4 is 17.5 Å². The molecule has 2 aromatic carbocycles. The van der Waals surface area contributed by atoms with Crippen LogP contribution >= 0.6 is 11.6 Å². The van der Waals surface area contributed by atoms with Crippen LogP contribution in [0.5, 0.6) is 11.5 Å². The minimum absolute atomic E-state index is 0.0301. The SMILES string of the molecule is COc1ccc(CC2CCN(C(=O)c3c(F)cccc3Cl)CC2)cc1OC. The summed E-state index contributed by atoms with van der Waals surface area (Å²) in [4.78, 5) is 14.3. The van der Waals surface area contributed by atoms with Gasteiger partial charge < -0.3 is 14.4 Å². The molecule has 2 aromatic rings. The normalized spacial score (nSPS) is 14.9. The maximum absolute atomic E-state index is 14.0. The average molecular weight is 392 g/mol. The number of rotatable bonds is 5. The summed E-state index contributed by atoms with van der Waals surface area (Å²) in [6.45, 7) is 1.20. The first kappa shape index (κ1) is 19.5. The van der Waals surface area contributed by atoms with Crippen molar-refractivity contribution in [3.8, 4) is 11.5 Å². The summed E-state index contributed by atoms with van der Waals surface area (Å²) in [6.07, 6.45) is 2.64. The highest BCUT2D eigenvalue weighted by atomic mass is 35.5. The smallest absolute Gasteiger partial charge is 0.258 e. The van der Waals surface area contributed by atoms with E-state index in [9.17, 15) is 9.18 Å².